The first kappa shape index (κ1) is 24.2. The summed E-state index contributed by atoms with van der Waals surface area (Å²) in [7, 11) is 0. The van der Waals surface area contributed by atoms with Crippen molar-refractivity contribution in [3.05, 3.63) is 35.9 Å². The predicted molar refractivity (Wildman–Crippen MR) is 116 cm³/mol. The summed E-state index contributed by atoms with van der Waals surface area (Å²) >= 11 is 1.54. The fourth-order valence-corrected chi connectivity index (χ4v) is 4.81. The summed E-state index contributed by atoms with van der Waals surface area (Å²) in [6.45, 7) is 0.489. The van der Waals surface area contributed by atoms with Crippen LogP contribution in [0, 0.1) is 0 Å². The minimum Gasteiger partial charge on any atom is -0.480 e. The Morgan fingerprint density at radius 2 is 1.87 bits per heavy atom. The monoisotopic (exact) mass is 437 g/mol. The van der Waals surface area contributed by atoms with E-state index in [0.717, 1.165) is 31.2 Å². The van der Waals surface area contributed by atoms with Crippen LogP contribution in [0.4, 0.5) is 0 Å². The van der Waals surface area contributed by atoms with Crippen LogP contribution in [0.5, 0.6) is 0 Å². The van der Waals surface area contributed by atoms with Gasteiger partial charge in [-0.05, 0) is 24.9 Å². The number of hydrogen-bond acceptors (Lipinski definition) is 6. The minimum absolute atomic E-state index is 0.0687. The van der Waals surface area contributed by atoms with Crippen molar-refractivity contribution in [2.24, 2.45) is 5.73 Å². The van der Waals surface area contributed by atoms with Gasteiger partial charge in [-0.25, -0.2) is 0 Å². The average Bonchev–Trinajstić information content (AvgIpc) is 2.86. The van der Waals surface area contributed by atoms with Crippen molar-refractivity contribution in [3.63, 3.8) is 0 Å². The zero-order valence-electron chi connectivity index (χ0n) is 17.0. The number of nitrogens with one attached hydrogen (secondary N) is 1. The Morgan fingerprint density at radius 3 is 2.50 bits per heavy atom. The zero-order chi connectivity index (χ0) is 21.9. The molecule has 0 unspecified atom stereocenters. The maximum atomic E-state index is 13.0. The minimum atomic E-state index is -1.09. The number of amides is 1. The van der Waals surface area contributed by atoms with Crippen molar-refractivity contribution >= 4 is 29.6 Å². The number of nitrogens with zero attached hydrogens (tertiary/aromatic N) is 1. The highest BCUT2D eigenvalue weighted by atomic mass is 32.2. The van der Waals surface area contributed by atoms with E-state index in [1.54, 1.807) is 11.8 Å². The van der Waals surface area contributed by atoms with Gasteiger partial charge < -0.3 is 20.8 Å². The Morgan fingerprint density at radius 1 is 1.17 bits per heavy atom. The molecule has 1 aliphatic heterocycles. The van der Waals surface area contributed by atoms with Crippen molar-refractivity contribution in [2.75, 3.05) is 25.4 Å². The molecule has 1 aromatic rings. The van der Waals surface area contributed by atoms with Crippen LogP contribution in [0.2, 0.25) is 0 Å². The SMILES string of the molecule is NCCCCCC[C@H](N[C@H]1CS[C@H](c2ccccc2)CN(CC(=O)O)C1=O)C(=O)O. The third-order valence-corrected chi connectivity index (χ3v) is 6.45. The van der Waals surface area contributed by atoms with Gasteiger partial charge in [0.15, 0.2) is 0 Å². The molecule has 1 aliphatic rings. The number of rotatable bonds is 12. The van der Waals surface area contributed by atoms with Crippen LogP contribution in [-0.4, -0.2) is 70.4 Å². The second-order valence-electron chi connectivity index (χ2n) is 7.45. The summed E-state index contributed by atoms with van der Waals surface area (Å²) in [5.41, 5.74) is 6.50. The van der Waals surface area contributed by atoms with Crippen LogP contribution >= 0.6 is 11.8 Å². The molecule has 30 heavy (non-hydrogen) atoms. The molecular weight excluding hydrogens is 406 g/mol. The predicted octanol–water partition coefficient (Wildman–Crippen LogP) is 1.71. The van der Waals surface area contributed by atoms with Gasteiger partial charge >= 0.3 is 11.9 Å². The lowest BCUT2D eigenvalue weighted by molar-refractivity contribution is -0.146. The molecule has 166 valence electrons. The van der Waals surface area contributed by atoms with E-state index in [9.17, 15) is 24.6 Å². The fourth-order valence-electron chi connectivity index (χ4n) is 3.51. The van der Waals surface area contributed by atoms with Crippen molar-refractivity contribution < 1.29 is 24.6 Å². The quantitative estimate of drug-likeness (QED) is 0.363. The van der Waals surface area contributed by atoms with E-state index in [1.807, 2.05) is 30.3 Å². The van der Waals surface area contributed by atoms with E-state index in [-0.39, 0.29) is 17.7 Å². The number of carbonyl (C=O) groups is 3. The number of nitrogens with two attached hydrogens (primary N) is 1. The van der Waals surface area contributed by atoms with Crippen molar-refractivity contribution in [1.29, 1.82) is 0 Å². The maximum Gasteiger partial charge on any atom is 0.323 e. The van der Waals surface area contributed by atoms with Crippen molar-refractivity contribution in [2.45, 2.75) is 49.4 Å². The van der Waals surface area contributed by atoms with Gasteiger partial charge in [0.2, 0.25) is 5.91 Å². The van der Waals surface area contributed by atoms with E-state index in [4.69, 9.17) is 5.73 Å². The molecule has 1 heterocycles. The number of aliphatic carboxylic acids is 2. The van der Waals surface area contributed by atoms with Crippen molar-refractivity contribution in [3.8, 4) is 0 Å². The summed E-state index contributed by atoms with van der Waals surface area (Å²) in [6, 6.07) is 8.04. The molecule has 1 fully saturated rings. The fraction of sp³-hybridized carbons (Fsp3) is 0.571. The molecule has 0 saturated carbocycles. The molecule has 8 nitrogen and oxygen atoms in total. The summed E-state index contributed by atoms with van der Waals surface area (Å²) in [5.74, 6) is -2.07. The number of carboxylic acid groups (broad SMARTS) is 2. The van der Waals surface area contributed by atoms with Gasteiger partial charge in [0.1, 0.15) is 12.6 Å². The zero-order valence-corrected chi connectivity index (χ0v) is 17.9. The Kier molecular flexibility index (Phi) is 10.1. The van der Waals surface area contributed by atoms with Crippen LogP contribution in [0.25, 0.3) is 0 Å². The molecule has 0 aromatic heterocycles. The van der Waals surface area contributed by atoms with E-state index < -0.39 is 30.6 Å². The Bertz CT molecular complexity index is 703. The molecule has 1 aromatic carbocycles. The molecule has 0 bridgehead atoms. The summed E-state index contributed by atoms with van der Waals surface area (Å²) in [5, 5.41) is 21.8. The topological polar surface area (TPSA) is 133 Å². The molecule has 5 N–H and O–H groups in total. The first-order valence-corrected chi connectivity index (χ1v) is 11.3. The number of thioether (sulfide) groups is 1. The molecule has 3 atom stereocenters. The normalized spacial score (nSPS) is 20.6. The molecule has 9 heteroatoms. The van der Waals surface area contributed by atoms with Gasteiger partial charge in [0.05, 0.1) is 6.04 Å². The lowest BCUT2D eigenvalue weighted by Crippen LogP contribution is -2.53. The smallest absolute Gasteiger partial charge is 0.323 e. The highest BCUT2D eigenvalue weighted by molar-refractivity contribution is 7.99. The Labute approximate surface area is 181 Å². The van der Waals surface area contributed by atoms with Crippen LogP contribution < -0.4 is 11.1 Å². The number of carbonyl (C=O) groups excluding carboxylic acids is 1. The van der Waals surface area contributed by atoms with Gasteiger partial charge in [-0.1, -0.05) is 49.6 Å². The molecule has 1 amide bonds. The summed E-state index contributed by atoms with van der Waals surface area (Å²) in [6.07, 6.45) is 3.89. The summed E-state index contributed by atoms with van der Waals surface area (Å²) < 4.78 is 0. The highest BCUT2D eigenvalue weighted by Crippen LogP contribution is 2.33. The molecule has 0 spiro atoms. The third-order valence-electron chi connectivity index (χ3n) is 5.10. The lowest BCUT2D eigenvalue weighted by Gasteiger charge is -2.26. The standard InChI is InChI=1S/C21H31N3O5S/c22-11-7-2-1-6-10-16(21(28)29)23-17-14-30-18(15-8-4-3-5-9-15)12-24(20(17)27)13-19(25)26/h3-5,8-9,16-18,23H,1-2,6-7,10-14,22H2,(H,25,26)(H,28,29)/t16-,17-,18-/m0/s1. The molecular formula is C21H31N3O5S. The number of carboxylic acids is 2. The van der Waals surface area contributed by atoms with Gasteiger partial charge in [-0.2, -0.15) is 0 Å². The van der Waals surface area contributed by atoms with Crippen LogP contribution in [-0.2, 0) is 14.4 Å². The van der Waals surface area contributed by atoms with E-state index in [2.05, 4.69) is 5.32 Å². The lowest BCUT2D eigenvalue weighted by atomic mass is 10.1. The third kappa shape index (κ3) is 7.62. The highest BCUT2D eigenvalue weighted by Gasteiger charge is 2.35. The summed E-state index contributed by atoms with van der Waals surface area (Å²) in [4.78, 5) is 37.4. The first-order valence-electron chi connectivity index (χ1n) is 10.3. The molecule has 0 radical (unpaired) electrons. The maximum absolute atomic E-state index is 13.0. The molecule has 0 aliphatic carbocycles. The molecule has 1 saturated heterocycles. The first-order chi connectivity index (χ1) is 14.4. The average molecular weight is 438 g/mol. The van der Waals surface area contributed by atoms with Crippen molar-refractivity contribution in [1.82, 2.24) is 10.2 Å². The Balaban J connectivity index is 2.08. The second-order valence-corrected chi connectivity index (χ2v) is 8.68. The van der Waals surface area contributed by atoms with Gasteiger partial charge in [-0.3, -0.25) is 19.7 Å². The van der Waals surface area contributed by atoms with E-state index in [0.29, 0.717) is 18.7 Å². The van der Waals surface area contributed by atoms with Crippen LogP contribution in [0.1, 0.15) is 42.9 Å². The van der Waals surface area contributed by atoms with Crippen LogP contribution in [0.3, 0.4) is 0 Å². The van der Waals surface area contributed by atoms with E-state index >= 15 is 0 Å². The number of hydrogen-bond donors (Lipinski definition) is 4. The van der Waals surface area contributed by atoms with E-state index in [1.165, 1.54) is 4.90 Å². The number of unbranched alkanes of at least 4 members (excludes halogenated alkanes) is 3. The van der Waals surface area contributed by atoms with Gasteiger partial charge in [-0.15, -0.1) is 11.8 Å². The second kappa shape index (κ2) is 12.6. The largest absolute Gasteiger partial charge is 0.480 e. The van der Waals surface area contributed by atoms with Crippen LogP contribution in [0.15, 0.2) is 30.3 Å². The number of benzene rings is 1. The molecule has 2 rings (SSSR count). The van der Waals surface area contributed by atoms with Gasteiger partial charge in [0.25, 0.3) is 0 Å². The van der Waals surface area contributed by atoms with Gasteiger partial charge in [0, 0.05) is 17.5 Å². The Hall–Kier alpha value is -2.10.